The number of hydrogen-bond acceptors (Lipinski definition) is 4. The lowest BCUT2D eigenvalue weighted by atomic mass is 10.1. The molecular formula is C28H26FN5O2. The Morgan fingerprint density at radius 2 is 1.75 bits per heavy atom. The Hall–Kier alpha value is -4.72. The van der Waals surface area contributed by atoms with Gasteiger partial charge < -0.3 is 14.8 Å². The van der Waals surface area contributed by atoms with Crippen LogP contribution in [0.15, 0.2) is 89.8 Å². The third kappa shape index (κ3) is 5.67. The van der Waals surface area contributed by atoms with Crippen LogP contribution in [0.4, 0.5) is 10.1 Å². The maximum Gasteiger partial charge on any atom is 0.287 e. The molecule has 0 saturated heterocycles. The zero-order valence-corrected chi connectivity index (χ0v) is 20.2. The Labute approximate surface area is 208 Å². The molecule has 4 rings (SSSR count). The summed E-state index contributed by atoms with van der Waals surface area (Å²) in [4.78, 5) is 27.7. The first-order valence-corrected chi connectivity index (χ1v) is 11.3. The normalized spacial score (nSPS) is 11.6. The number of hydrazone groups is 1. The van der Waals surface area contributed by atoms with Crippen LogP contribution in [0.25, 0.3) is 17.0 Å². The standard InChI is InChI=1S/C28H26FN5O2/c1-33(2)23-13-11-19(12-14-23)15-25(31-27(35)20-7-6-8-22(29)16-20)28(36)32-30-17-21-18-34(3)26-10-5-4-9-24(21)26/h4-18H,1-3H3,(H,31,35)(H,32,36)/b25-15-,30-17-. The van der Waals surface area contributed by atoms with E-state index in [-0.39, 0.29) is 11.3 Å². The van der Waals surface area contributed by atoms with Gasteiger partial charge in [-0.1, -0.05) is 36.4 Å². The highest BCUT2D eigenvalue weighted by Crippen LogP contribution is 2.18. The number of carbonyl (C=O) groups excluding carboxylic acids is 2. The van der Waals surface area contributed by atoms with E-state index in [1.165, 1.54) is 18.2 Å². The van der Waals surface area contributed by atoms with E-state index in [4.69, 9.17) is 0 Å². The molecule has 0 fully saturated rings. The predicted octanol–water partition coefficient (Wildman–Crippen LogP) is 4.30. The van der Waals surface area contributed by atoms with Crippen molar-refractivity contribution in [2.75, 3.05) is 19.0 Å². The van der Waals surface area contributed by atoms with E-state index in [0.29, 0.717) is 5.56 Å². The SMILES string of the molecule is CN(C)c1ccc(/C=C(\NC(=O)c2cccc(F)c2)C(=O)N/N=C\c2cn(C)c3ccccc23)cc1. The third-order valence-electron chi connectivity index (χ3n) is 5.60. The zero-order chi connectivity index (χ0) is 25.7. The number of aryl methyl sites for hydroxylation is 1. The molecule has 36 heavy (non-hydrogen) atoms. The van der Waals surface area contributed by atoms with Gasteiger partial charge in [-0.2, -0.15) is 5.10 Å². The van der Waals surface area contributed by atoms with Gasteiger partial charge in [-0.3, -0.25) is 9.59 Å². The van der Waals surface area contributed by atoms with E-state index in [1.807, 2.05) is 85.3 Å². The second-order valence-electron chi connectivity index (χ2n) is 8.42. The number of halogens is 1. The van der Waals surface area contributed by atoms with Crippen LogP contribution in [0.1, 0.15) is 21.5 Å². The summed E-state index contributed by atoms with van der Waals surface area (Å²) < 4.78 is 15.6. The first-order valence-electron chi connectivity index (χ1n) is 11.3. The van der Waals surface area contributed by atoms with E-state index >= 15 is 0 Å². The summed E-state index contributed by atoms with van der Waals surface area (Å²) in [6.07, 6.45) is 5.01. The number of hydrogen-bond donors (Lipinski definition) is 2. The fourth-order valence-corrected chi connectivity index (χ4v) is 3.71. The largest absolute Gasteiger partial charge is 0.378 e. The molecular weight excluding hydrogens is 457 g/mol. The lowest BCUT2D eigenvalue weighted by molar-refractivity contribution is -0.117. The quantitative estimate of drug-likeness (QED) is 0.234. The lowest BCUT2D eigenvalue weighted by Crippen LogP contribution is -2.32. The number of para-hydroxylation sites is 1. The molecule has 0 saturated carbocycles. The molecule has 0 unspecified atom stereocenters. The van der Waals surface area contributed by atoms with Crippen LogP contribution in [0, 0.1) is 5.82 Å². The molecule has 8 heteroatoms. The number of amides is 2. The second-order valence-corrected chi connectivity index (χ2v) is 8.42. The minimum Gasteiger partial charge on any atom is -0.378 e. The van der Waals surface area contributed by atoms with Crippen LogP contribution in [-0.2, 0) is 11.8 Å². The van der Waals surface area contributed by atoms with Crippen molar-refractivity contribution in [3.8, 4) is 0 Å². The van der Waals surface area contributed by atoms with Gasteiger partial charge in [0.25, 0.3) is 11.8 Å². The molecule has 0 bridgehead atoms. The van der Waals surface area contributed by atoms with Crippen molar-refractivity contribution in [1.29, 1.82) is 0 Å². The van der Waals surface area contributed by atoms with Gasteiger partial charge in [0.05, 0.1) is 6.21 Å². The molecule has 0 atom stereocenters. The monoisotopic (exact) mass is 483 g/mol. The van der Waals surface area contributed by atoms with Crippen LogP contribution in [0.5, 0.6) is 0 Å². The van der Waals surface area contributed by atoms with Crippen LogP contribution in [-0.4, -0.2) is 36.7 Å². The molecule has 0 radical (unpaired) electrons. The first kappa shape index (κ1) is 24.4. The zero-order valence-electron chi connectivity index (χ0n) is 20.2. The number of fused-ring (bicyclic) bond motifs is 1. The van der Waals surface area contributed by atoms with Gasteiger partial charge in [0.2, 0.25) is 0 Å². The molecule has 182 valence electrons. The minimum atomic E-state index is -0.618. The highest BCUT2D eigenvalue weighted by molar-refractivity contribution is 6.06. The average molecular weight is 484 g/mol. The maximum absolute atomic E-state index is 13.6. The van der Waals surface area contributed by atoms with Crippen molar-refractivity contribution in [1.82, 2.24) is 15.3 Å². The highest BCUT2D eigenvalue weighted by Gasteiger charge is 2.15. The van der Waals surface area contributed by atoms with E-state index in [0.717, 1.165) is 28.2 Å². The molecule has 0 aliphatic carbocycles. The Morgan fingerprint density at radius 3 is 2.47 bits per heavy atom. The van der Waals surface area contributed by atoms with Crippen molar-refractivity contribution < 1.29 is 14.0 Å². The van der Waals surface area contributed by atoms with Crippen molar-refractivity contribution in [2.24, 2.45) is 12.1 Å². The fourth-order valence-electron chi connectivity index (χ4n) is 3.71. The van der Waals surface area contributed by atoms with E-state index in [9.17, 15) is 14.0 Å². The molecule has 0 aliphatic rings. The first-order chi connectivity index (χ1) is 17.3. The second kappa shape index (κ2) is 10.7. The number of nitrogens with zero attached hydrogens (tertiary/aromatic N) is 3. The number of anilines is 1. The van der Waals surface area contributed by atoms with Crippen molar-refractivity contribution in [3.63, 3.8) is 0 Å². The topological polar surface area (TPSA) is 78.7 Å². The average Bonchev–Trinajstić information content (AvgIpc) is 3.19. The third-order valence-corrected chi connectivity index (χ3v) is 5.60. The van der Waals surface area contributed by atoms with E-state index in [2.05, 4.69) is 15.8 Å². The van der Waals surface area contributed by atoms with Gasteiger partial charge in [0.1, 0.15) is 11.5 Å². The smallest absolute Gasteiger partial charge is 0.287 e. The van der Waals surface area contributed by atoms with Gasteiger partial charge in [-0.25, -0.2) is 9.82 Å². The Balaban J connectivity index is 1.58. The molecule has 7 nitrogen and oxygen atoms in total. The predicted molar refractivity (Wildman–Crippen MR) is 141 cm³/mol. The van der Waals surface area contributed by atoms with Crippen LogP contribution in [0.2, 0.25) is 0 Å². The molecule has 1 heterocycles. The van der Waals surface area contributed by atoms with Gasteiger partial charge in [-0.05, 0) is 48.0 Å². The lowest BCUT2D eigenvalue weighted by Gasteiger charge is -2.12. The molecule has 0 spiro atoms. The summed E-state index contributed by atoms with van der Waals surface area (Å²) in [5.74, 6) is -1.77. The van der Waals surface area contributed by atoms with Crippen LogP contribution < -0.4 is 15.6 Å². The summed E-state index contributed by atoms with van der Waals surface area (Å²) in [6, 6.07) is 20.6. The molecule has 3 aromatic carbocycles. The number of benzene rings is 3. The minimum absolute atomic E-state index is 0.0306. The number of rotatable bonds is 7. The highest BCUT2D eigenvalue weighted by atomic mass is 19.1. The van der Waals surface area contributed by atoms with Crippen molar-refractivity contribution in [2.45, 2.75) is 0 Å². The van der Waals surface area contributed by atoms with Crippen molar-refractivity contribution >= 4 is 40.7 Å². The Bertz CT molecular complexity index is 1470. The summed E-state index contributed by atoms with van der Waals surface area (Å²) in [6.45, 7) is 0. The van der Waals surface area contributed by atoms with Gasteiger partial charge in [0, 0.05) is 55.1 Å². The summed E-state index contributed by atoms with van der Waals surface area (Å²) in [7, 11) is 5.79. The molecule has 0 aliphatic heterocycles. The number of aromatic nitrogens is 1. The summed E-state index contributed by atoms with van der Waals surface area (Å²) in [5, 5.41) is 7.68. The number of carbonyl (C=O) groups is 2. The van der Waals surface area contributed by atoms with E-state index < -0.39 is 17.6 Å². The number of nitrogens with one attached hydrogen (secondary N) is 2. The molecule has 1 aromatic heterocycles. The summed E-state index contributed by atoms with van der Waals surface area (Å²) in [5.41, 5.74) is 6.10. The Morgan fingerprint density at radius 1 is 1.00 bits per heavy atom. The molecule has 2 N–H and O–H groups in total. The van der Waals surface area contributed by atoms with Crippen LogP contribution >= 0.6 is 0 Å². The molecule has 2 amide bonds. The Kier molecular flexibility index (Phi) is 7.25. The van der Waals surface area contributed by atoms with Gasteiger partial charge in [-0.15, -0.1) is 0 Å². The van der Waals surface area contributed by atoms with Gasteiger partial charge >= 0.3 is 0 Å². The molecule has 4 aromatic rings. The fraction of sp³-hybridized carbons (Fsp3) is 0.107. The van der Waals surface area contributed by atoms with Crippen LogP contribution in [0.3, 0.4) is 0 Å². The van der Waals surface area contributed by atoms with Crippen molar-refractivity contribution in [3.05, 3.63) is 107 Å². The van der Waals surface area contributed by atoms with Gasteiger partial charge in [0.15, 0.2) is 0 Å². The van der Waals surface area contributed by atoms with E-state index in [1.54, 1.807) is 12.3 Å². The maximum atomic E-state index is 13.6. The summed E-state index contributed by atoms with van der Waals surface area (Å²) >= 11 is 0.